The summed E-state index contributed by atoms with van der Waals surface area (Å²) in [5.74, 6) is -0.935. The van der Waals surface area contributed by atoms with Crippen LogP contribution in [0.25, 0.3) is 0 Å². The molecule has 0 aromatic rings. The van der Waals surface area contributed by atoms with Crippen molar-refractivity contribution in [3.05, 3.63) is 12.2 Å². The molecule has 0 amide bonds. The second-order valence-corrected chi connectivity index (χ2v) is 15.3. The third-order valence-corrected chi connectivity index (χ3v) is 9.28. The van der Waals surface area contributed by atoms with Crippen LogP contribution >= 0.6 is 17.0 Å². The van der Waals surface area contributed by atoms with Gasteiger partial charge in [-0.25, -0.2) is 4.79 Å². The normalized spacial score (nSPS) is 10.7. The van der Waals surface area contributed by atoms with Crippen LogP contribution < -0.4 is 0 Å². The smallest absolute Gasteiger partial charge is 0.330 e. The van der Waals surface area contributed by atoms with Gasteiger partial charge in [0.1, 0.15) is 0 Å². The molecule has 49 heavy (non-hydrogen) atoms. The van der Waals surface area contributed by atoms with E-state index in [1.807, 2.05) is 0 Å². The molecule has 5 heteroatoms. The third kappa shape index (κ3) is 63.1. The molecule has 0 bridgehead atoms. The maximum absolute atomic E-state index is 9.60. The minimum Gasteiger partial charge on any atom is -0.478 e. The summed E-state index contributed by atoms with van der Waals surface area (Å²) >= 11 is 0. The van der Waals surface area contributed by atoms with Gasteiger partial charge in [0.25, 0.3) is 0 Å². The number of carboxylic acids is 1. The molecule has 0 heterocycles. The summed E-state index contributed by atoms with van der Waals surface area (Å²) in [6, 6.07) is 0. The molecule has 0 unspecified atom stereocenters. The molecule has 0 aromatic heterocycles. The van der Waals surface area contributed by atoms with Crippen LogP contribution in [0.4, 0.5) is 0 Å². The summed E-state index contributed by atoms with van der Waals surface area (Å²) in [4.78, 5) is 14.2. The number of hydrogen-bond donors (Lipinski definition) is 1. The van der Waals surface area contributed by atoms with Gasteiger partial charge < -0.3 is 14.9 Å². The van der Waals surface area contributed by atoms with Gasteiger partial charge in [-0.15, -0.1) is 17.0 Å². The monoisotopic (exact) mass is 761 g/mol. The first-order valence-corrected chi connectivity index (χ1v) is 21.4. The highest BCUT2D eigenvalue weighted by molar-refractivity contribution is 8.93. The topological polar surface area (TPSA) is 43.8 Å². The van der Waals surface area contributed by atoms with Gasteiger partial charge in [-0.05, 0) is 61.0 Å². The summed E-state index contributed by atoms with van der Waals surface area (Å²) in [5, 5.41) is 7.89. The van der Waals surface area contributed by atoms with Crippen molar-refractivity contribution in [3.8, 4) is 0 Å². The Hall–Kier alpha value is -0.390. The number of carbonyl (C=O) groups is 1. The molecule has 0 aliphatic heterocycles. The predicted molar refractivity (Wildman–Crippen MR) is 229 cm³/mol. The van der Waals surface area contributed by atoms with Crippen molar-refractivity contribution in [3.63, 3.8) is 0 Å². The SMILES string of the molecule is Br.C=C(C)C(=O)O.CCCCCCCCCCCCCCCCCCN(C)C.CCCCCCCCCCCCCCCCCCN(C)C. The van der Waals surface area contributed by atoms with E-state index in [0.29, 0.717) is 0 Å². The second kappa shape index (κ2) is 49.7. The van der Waals surface area contributed by atoms with Crippen molar-refractivity contribution in [2.24, 2.45) is 0 Å². The van der Waals surface area contributed by atoms with Crippen molar-refractivity contribution in [1.29, 1.82) is 0 Å². The fourth-order valence-electron chi connectivity index (χ4n) is 5.95. The highest BCUT2D eigenvalue weighted by atomic mass is 79.9. The largest absolute Gasteiger partial charge is 0.478 e. The zero-order chi connectivity index (χ0) is 36.4. The van der Waals surface area contributed by atoms with Gasteiger partial charge in [-0.2, -0.15) is 0 Å². The highest BCUT2D eigenvalue weighted by Gasteiger charge is 1.97. The van der Waals surface area contributed by atoms with E-state index in [1.165, 1.54) is 225 Å². The Kier molecular flexibility index (Phi) is 56.2. The predicted octanol–water partition coefficient (Wildman–Crippen LogP) is 14.8. The Balaban J connectivity index is -0.000000348. The van der Waals surface area contributed by atoms with Crippen LogP contribution in [0, 0.1) is 0 Å². The molecule has 4 nitrogen and oxygen atoms in total. The van der Waals surface area contributed by atoms with Crippen LogP contribution in [0.15, 0.2) is 12.2 Å². The average molecular weight is 762 g/mol. The third-order valence-electron chi connectivity index (χ3n) is 9.28. The number of aliphatic carboxylic acids is 1. The van der Waals surface area contributed by atoms with Gasteiger partial charge in [-0.1, -0.05) is 213 Å². The maximum atomic E-state index is 9.60. The standard InChI is InChI=1S/2C20H43N.C4H6O2.BrH/c2*1-4-5-6-7-8-9-10-11-12-13-14-15-16-17-18-19-20-21(2)3;1-3(2)4(5)6;/h2*4-20H2,1-3H3;1H2,2H3,(H,5,6);1H. The Morgan fingerprint density at radius 3 is 0.673 bits per heavy atom. The van der Waals surface area contributed by atoms with Crippen molar-refractivity contribution >= 4 is 23.0 Å². The highest BCUT2D eigenvalue weighted by Crippen LogP contribution is 2.15. The zero-order valence-electron chi connectivity index (χ0n) is 34.9. The first-order chi connectivity index (χ1) is 23.2. The molecular formula is C44H93BrN2O2. The van der Waals surface area contributed by atoms with E-state index < -0.39 is 5.97 Å². The quantitative estimate of drug-likeness (QED) is 0.0516. The van der Waals surface area contributed by atoms with Gasteiger partial charge in [0.15, 0.2) is 0 Å². The van der Waals surface area contributed by atoms with E-state index in [9.17, 15) is 4.79 Å². The van der Waals surface area contributed by atoms with Crippen LogP contribution in [0.5, 0.6) is 0 Å². The van der Waals surface area contributed by atoms with E-state index in [4.69, 9.17) is 5.11 Å². The van der Waals surface area contributed by atoms with Crippen molar-refractivity contribution in [2.45, 2.75) is 226 Å². The first-order valence-electron chi connectivity index (χ1n) is 21.4. The molecule has 0 spiro atoms. The van der Waals surface area contributed by atoms with E-state index in [-0.39, 0.29) is 22.6 Å². The molecule has 298 valence electrons. The second-order valence-electron chi connectivity index (χ2n) is 15.3. The molecule has 1 N–H and O–H groups in total. The number of rotatable bonds is 35. The van der Waals surface area contributed by atoms with Gasteiger partial charge in [-0.3, -0.25) is 0 Å². The number of nitrogens with zero attached hydrogens (tertiary/aromatic N) is 2. The fourth-order valence-corrected chi connectivity index (χ4v) is 5.95. The van der Waals surface area contributed by atoms with Gasteiger partial charge in [0.2, 0.25) is 0 Å². The Labute approximate surface area is 321 Å². The molecule has 0 aliphatic rings. The van der Waals surface area contributed by atoms with Crippen molar-refractivity contribution in [1.82, 2.24) is 9.80 Å². The number of carboxylic acid groups (broad SMARTS) is 1. The van der Waals surface area contributed by atoms with Crippen LogP contribution in [0.1, 0.15) is 226 Å². The molecule has 0 aromatic carbocycles. The molecule has 0 radical (unpaired) electrons. The molecule has 0 saturated carbocycles. The Bertz CT molecular complexity index is 560. The minimum absolute atomic E-state index is 0. The van der Waals surface area contributed by atoms with E-state index >= 15 is 0 Å². The van der Waals surface area contributed by atoms with Crippen molar-refractivity contribution < 1.29 is 9.90 Å². The molecule has 0 aliphatic carbocycles. The lowest BCUT2D eigenvalue weighted by Crippen LogP contribution is -2.12. The van der Waals surface area contributed by atoms with Crippen LogP contribution in [0.3, 0.4) is 0 Å². The summed E-state index contributed by atoms with van der Waals surface area (Å²) in [7, 11) is 8.69. The van der Waals surface area contributed by atoms with E-state index in [1.54, 1.807) is 0 Å². The summed E-state index contributed by atoms with van der Waals surface area (Å²) in [6.45, 7) is 11.7. The van der Waals surface area contributed by atoms with Gasteiger partial charge in [0.05, 0.1) is 0 Å². The number of halogens is 1. The zero-order valence-corrected chi connectivity index (χ0v) is 36.6. The lowest BCUT2D eigenvalue weighted by atomic mass is 10.0. The number of hydrogen-bond acceptors (Lipinski definition) is 3. The van der Waals surface area contributed by atoms with Crippen molar-refractivity contribution in [2.75, 3.05) is 41.3 Å². The average Bonchev–Trinajstić information content (AvgIpc) is 3.04. The summed E-state index contributed by atoms with van der Waals surface area (Å²) in [5.41, 5.74) is 0.176. The molecule has 0 rings (SSSR count). The summed E-state index contributed by atoms with van der Waals surface area (Å²) < 4.78 is 0. The van der Waals surface area contributed by atoms with Crippen LogP contribution in [-0.2, 0) is 4.79 Å². The summed E-state index contributed by atoms with van der Waals surface area (Å²) in [6.07, 6.45) is 46.6. The number of unbranched alkanes of at least 4 members (excludes halogenated alkanes) is 30. The lowest BCUT2D eigenvalue weighted by molar-refractivity contribution is -0.132. The molecule has 0 saturated heterocycles. The van der Waals surface area contributed by atoms with E-state index in [2.05, 4.69) is 58.4 Å². The minimum atomic E-state index is -0.935. The first kappa shape index (κ1) is 55.4. The Morgan fingerprint density at radius 2 is 0.551 bits per heavy atom. The molecule has 0 fully saturated rings. The Morgan fingerprint density at radius 1 is 0.408 bits per heavy atom. The van der Waals surface area contributed by atoms with Crippen LogP contribution in [-0.4, -0.2) is 62.2 Å². The van der Waals surface area contributed by atoms with E-state index in [0.717, 1.165) is 0 Å². The molecule has 0 atom stereocenters. The van der Waals surface area contributed by atoms with Gasteiger partial charge in [0, 0.05) is 5.57 Å². The maximum Gasteiger partial charge on any atom is 0.330 e. The molecular weight excluding hydrogens is 668 g/mol. The fraction of sp³-hybridized carbons (Fsp3) is 0.932. The van der Waals surface area contributed by atoms with Gasteiger partial charge >= 0.3 is 5.97 Å². The van der Waals surface area contributed by atoms with Crippen LogP contribution in [0.2, 0.25) is 0 Å². The lowest BCUT2D eigenvalue weighted by Gasteiger charge is -2.08.